The van der Waals surface area contributed by atoms with E-state index in [-0.39, 0.29) is 24.7 Å². The van der Waals surface area contributed by atoms with E-state index in [1.165, 1.54) is 4.90 Å². The Morgan fingerprint density at radius 3 is 2.37 bits per heavy atom. The highest BCUT2D eigenvalue weighted by atomic mass is 16.5. The van der Waals surface area contributed by atoms with Crippen LogP contribution in [-0.4, -0.2) is 53.8 Å². The standard InChI is InChI=1S/C13H22N2O4/c16-12(17)9-15(11-3-1-2-4-11)13(18)14-10-5-7-19-8-6-10/h10-11H,1-9H2,(H,14,18)(H,16,17). The number of carbonyl (C=O) groups is 2. The van der Waals surface area contributed by atoms with Gasteiger partial charge in [-0.1, -0.05) is 12.8 Å². The number of nitrogens with one attached hydrogen (secondary N) is 1. The van der Waals surface area contributed by atoms with Gasteiger partial charge in [-0.25, -0.2) is 4.79 Å². The van der Waals surface area contributed by atoms with Gasteiger partial charge in [-0.15, -0.1) is 0 Å². The maximum Gasteiger partial charge on any atom is 0.323 e. The summed E-state index contributed by atoms with van der Waals surface area (Å²) in [6, 6.07) is -0.0453. The van der Waals surface area contributed by atoms with Gasteiger partial charge >= 0.3 is 12.0 Å². The lowest BCUT2D eigenvalue weighted by Gasteiger charge is -2.31. The molecule has 2 N–H and O–H groups in total. The molecule has 2 amide bonds. The molecule has 0 spiro atoms. The topological polar surface area (TPSA) is 78.9 Å². The summed E-state index contributed by atoms with van der Waals surface area (Å²) in [6.07, 6.45) is 5.58. The lowest BCUT2D eigenvalue weighted by Crippen LogP contribution is -2.51. The lowest BCUT2D eigenvalue weighted by atomic mass is 10.1. The van der Waals surface area contributed by atoms with Crippen molar-refractivity contribution in [3.8, 4) is 0 Å². The minimum absolute atomic E-state index is 0.0796. The van der Waals surface area contributed by atoms with Crippen molar-refractivity contribution in [3.63, 3.8) is 0 Å². The Hall–Kier alpha value is -1.30. The molecule has 1 saturated carbocycles. The number of rotatable bonds is 4. The minimum atomic E-state index is -0.950. The molecule has 2 aliphatic rings. The highest BCUT2D eigenvalue weighted by Gasteiger charge is 2.29. The van der Waals surface area contributed by atoms with Crippen molar-refractivity contribution >= 4 is 12.0 Å². The molecule has 108 valence electrons. The summed E-state index contributed by atoms with van der Waals surface area (Å²) in [7, 11) is 0. The molecule has 1 aliphatic heterocycles. The van der Waals surface area contributed by atoms with E-state index in [1.807, 2.05) is 0 Å². The smallest absolute Gasteiger partial charge is 0.323 e. The Labute approximate surface area is 113 Å². The number of carbonyl (C=O) groups excluding carboxylic acids is 1. The van der Waals surface area contributed by atoms with E-state index in [4.69, 9.17) is 9.84 Å². The Morgan fingerprint density at radius 2 is 1.79 bits per heavy atom. The molecule has 2 fully saturated rings. The zero-order valence-electron chi connectivity index (χ0n) is 11.1. The fraction of sp³-hybridized carbons (Fsp3) is 0.846. The molecule has 0 radical (unpaired) electrons. The van der Waals surface area contributed by atoms with Crippen LogP contribution in [0.2, 0.25) is 0 Å². The Kier molecular flexibility index (Phi) is 5.01. The van der Waals surface area contributed by atoms with Crippen LogP contribution < -0.4 is 5.32 Å². The van der Waals surface area contributed by atoms with Gasteiger partial charge in [0, 0.05) is 25.3 Å². The highest BCUT2D eigenvalue weighted by molar-refractivity contribution is 5.80. The first-order valence-corrected chi connectivity index (χ1v) is 7.03. The van der Waals surface area contributed by atoms with Crippen LogP contribution >= 0.6 is 0 Å². The van der Waals surface area contributed by atoms with Crippen molar-refractivity contribution in [1.29, 1.82) is 0 Å². The number of aliphatic carboxylic acids is 1. The van der Waals surface area contributed by atoms with Crippen LogP contribution in [0.15, 0.2) is 0 Å². The van der Waals surface area contributed by atoms with Crippen LogP contribution in [0.25, 0.3) is 0 Å². The maximum atomic E-state index is 12.2. The van der Waals surface area contributed by atoms with Gasteiger partial charge in [0.05, 0.1) is 0 Å². The third kappa shape index (κ3) is 4.09. The predicted octanol–water partition coefficient (Wildman–Crippen LogP) is 1.20. The number of carboxylic acid groups (broad SMARTS) is 1. The van der Waals surface area contributed by atoms with Crippen molar-refractivity contribution < 1.29 is 19.4 Å². The maximum absolute atomic E-state index is 12.2. The number of carboxylic acids is 1. The van der Waals surface area contributed by atoms with Gasteiger partial charge in [0.25, 0.3) is 0 Å². The Morgan fingerprint density at radius 1 is 1.16 bits per heavy atom. The molecule has 0 aromatic heterocycles. The third-order valence-corrected chi connectivity index (χ3v) is 3.88. The lowest BCUT2D eigenvalue weighted by molar-refractivity contribution is -0.138. The van der Waals surface area contributed by atoms with Gasteiger partial charge in [-0.2, -0.15) is 0 Å². The summed E-state index contributed by atoms with van der Waals surface area (Å²) in [5.41, 5.74) is 0. The van der Waals surface area contributed by atoms with E-state index in [0.717, 1.165) is 38.5 Å². The number of nitrogens with zero attached hydrogens (tertiary/aromatic N) is 1. The van der Waals surface area contributed by atoms with Crippen LogP contribution in [0.5, 0.6) is 0 Å². The second-order valence-electron chi connectivity index (χ2n) is 5.30. The fourth-order valence-electron chi connectivity index (χ4n) is 2.83. The van der Waals surface area contributed by atoms with E-state index in [2.05, 4.69) is 5.32 Å². The molecule has 0 aromatic carbocycles. The summed E-state index contributed by atoms with van der Waals surface area (Å²) in [6.45, 7) is 1.11. The van der Waals surface area contributed by atoms with Crippen molar-refractivity contribution in [1.82, 2.24) is 10.2 Å². The van der Waals surface area contributed by atoms with E-state index in [9.17, 15) is 9.59 Å². The number of ether oxygens (including phenoxy) is 1. The Balaban J connectivity index is 1.91. The summed E-state index contributed by atoms with van der Waals surface area (Å²) in [5.74, 6) is -0.950. The van der Waals surface area contributed by atoms with E-state index in [0.29, 0.717) is 13.2 Å². The van der Waals surface area contributed by atoms with Gasteiger partial charge in [-0.05, 0) is 25.7 Å². The van der Waals surface area contributed by atoms with Crippen molar-refractivity contribution in [2.75, 3.05) is 19.8 Å². The molecule has 0 unspecified atom stereocenters. The molecular weight excluding hydrogens is 248 g/mol. The number of urea groups is 1. The van der Waals surface area contributed by atoms with E-state index in [1.54, 1.807) is 0 Å². The number of amides is 2. The predicted molar refractivity (Wildman–Crippen MR) is 69.0 cm³/mol. The summed E-state index contributed by atoms with van der Waals surface area (Å²) < 4.78 is 5.25. The van der Waals surface area contributed by atoms with Crippen LogP contribution in [0.4, 0.5) is 4.79 Å². The Bertz CT molecular complexity index is 323. The third-order valence-electron chi connectivity index (χ3n) is 3.88. The zero-order valence-corrected chi connectivity index (χ0v) is 11.1. The molecular formula is C13H22N2O4. The monoisotopic (exact) mass is 270 g/mol. The minimum Gasteiger partial charge on any atom is -0.480 e. The first-order valence-electron chi connectivity index (χ1n) is 7.03. The summed E-state index contributed by atoms with van der Waals surface area (Å²) in [4.78, 5) is 24.7. The van der Waals surface area contributed by atoms with Gasteiger partial charge in [0.2, 0.25) is 0 Å². The molecule has 2 rings (SSSR count). The van der Waals surface area contributed by atoms with Crippen molar-refractivity contribution in [2.24, 2.45) is 0 Å². The molecule has 1 aliphatic carbocycles. The molecule has 6 nitrogen and oxygen atoms in total. The average Bonchev–Trinajstić information content (AvgIpc) is 2.90. The summed E-state index contributed by atoms with van der Waals surface area (Å²) >= 11 is 0. The molecule has 1 saturated heterocycles. The quantitative estimate of drug-likeness (QED) is 0.804. The van der Waals surface area contributed by atoms with E-state index >= 15 is 0 Å². The van der Waals surface area contributed by atoms with Gasteiger partial charge in [-0.3, -0.25) is 4.79 Å². The number of hydrogen-bond acceptors (Lipinski definition) is 3. The largest absolute Gasteiger partial charge is 0.480 e. The first kappa shape index (κ1) is 14.1. The van der Waals surface area contributed by atoms with Crippen LogP contribution in [0.1, 0.15) is 38.5 Å². The SMILES string of the molecule is O=C(O)CN(C(=O)NC1CCOCC1)C1CCCC1. The van der Waals surface area contributed by atoms with E-state index < -0.39 is 5.97 Å². The summed E-state index contributed by atoms with van der Waals surface area (Å²) in [5, 5.41) is 11.9. The normalized spacial score (nSPS) is 21.3. The van der Waals surface area contributed by atoms with Crippen LogP contribution in [0.3, 0.4) is 0 Å². The van der Waals surface area contributed by atoms with Crippen molar-refractivity contribution in [3.05, 3.63) is 0 Å². The van der Waals surface area contributed by atoms with Crippen molar-refractivity contribution in [2.45, 2.75) is 50.6 Å². The molecule has 19 heavy (non-hydrogen) atoms. The fourth-order valence-corrected chi connectivity index (χ4v) is 2.83. The number of hydrogen-bond donors (Lipinski definition) is 2. The first-order chi connectivity index (χ1) is 9.16. The zero-order chi connectivity index (χ0) is 13.7. The molecule has 1 heterocycles. The van der Waals surface area contributed by atoms with Gasteiger partial charge in [0.15, 0.2) is 0 Å². The second-order valence-corrected chi connectivity index (χ2v) is 5.30. The molecule has 6 heteroatoms. The molecule has 0 aromatic rings. The molecule has 0 atom stereocenters. The average molecular weight is 270 g/mol. The van der Waals surface area contributed by atoms with Crippen LogP contribution in [-0.2, 0) is 9.53 Å². The van der Waals surface area contributed by atoms with Crippen LogP contribution in [0, 0.1) is 0 Å². The highest BCUT2D eigenvalue weighted by Crippen LogP contribution is 2.23. The molecule has 0 bridgehead atoms. The van der Waals surface area contributed by atoms with Gasteiger partial charge in [0.1, 0.15) is 6.54 Å². The van der Waals surface area contributed by atoms with Gasteiger partial charge < -0.3 is 20.1 Å². The second kappa shape index (κ2) is 6.75.